The second-order valence-corrected chi connectivity index (χ2v) is 8.00. The molecule has 28 heavy (non-hydrogen) atoms. The predicted molar refractivity (Wildman–Crippen MR) is 113 cm³/mol. The van der Waals surface area contributed by atoms with E-state index in [1.54, 1.807) is 18.4 Å². The number of carbonyl (C=O) groups excluding carboxylic acids is 1. The Bertz CT molecular complexity index is 866. The molecule has 3 aromatic rings. The first-order valence-electron chi connectivity index (χ1n) is 9.13. The number of nitrogens with zero attached hydrogens (tertiary/aromatic N) is 4. The van der Waals surface area contributed by atoms with Gasteiger partial charge < -0.3 is 14.2 Å². The summed E-state index contributed by atoms with van der Waals surface area (Å²) in [6.07, 6.45) is 0. The molecule has 3 rings (SSSR count). The zero-order chi connectivity index (χ0) is 19.8. The van der Waals surface area contributed by atoms with Crippen LogP contribution in [0.15, 0.2) is 53.0 Å². The van der Waals surface area contributed by atoms with Crippen molar-refractivity contribution in [1.29, 1.82) is 0 Å². The van der Waals surface area contributed by atoms with E-state index in [9.17, 15) is 4.79 Å². The lowest BCUT2D eigenvalue weighted by Crippen LogP contribution is -2.34. The SMILES string of the molecule is CCn1c(SCC(=O)N(CCOC)Cc2ccccc2)nnc1-c1cccs1. The van der Waals surface area contributed by atoms with Gasteiger partial charge in [0.2, 0.25) is 5.91 Å². The number of benzene rings is 1. The number of rotatable bonds is 10. The number of thioether (sulfide) groups is 1. The molecular formula is C20H24N4O2S2. The molecule has 0 bridgehead atoms. The topological polar surface area (TPSA) is 60.2 Å². The van der Waals surface area contributed by atoms with Gasteiger partial charge in [0.1, 0.15) is 0 Å². The van der Waals surface area contributed by atoms with Gasteiger partial charge in [-0.3, -0.25) is 4.79 Å². The molecule has 6 nitrogen and oxygen atoms in total. The van der Waals surface area contributed by atoms with E-state index in [1.165, 1.54) is 11.8 Å². The number of amides is 1. The molecule has 0 aliphatic carbocycles. The predicted octanol–water partition coefficient (Wildman–Crippen LogP) is 3.79. The quantitative estimate of drug-likeness (QED) is 0.471. The van der Waals surface area contributed by atoms with Gasteiger partial charge in [0, 0.05) is 26.7 Å². The maximum atomic E-state index is 12.9. The van der Waals surface area contributed by atoms with Gasteiger partial charge in [-0.25, -0.2) is 0 Å². The van der Waals surface area contributed by atoms with Crippen molar-refractivity contribution in [3.8, 4) is 10.7 Å². The number of ether oxygens (including phenoxy) is 1. The van der Waals surface area contributed by atoms with E-state index in [-0.39, 0.29) is 5.91 Å². The van der Waals surface area contributed by atoms with Crippen LogP contribution < -0.4 is 0 Å². The van der Waals surface area contributed by atoms with Crippen LogP contribution in [0, 0.1) is 0 Å². The van der Waals surface area contributed by atoms with Crippen molar-refractivity contribution in [1.82, 2.24) is 19.7 Å². The average molecular weight is 417 g/mol. The Labute approximate surface area is 173 Å². The second-order valence-electron chi connectivity index (χ2n) is 6.11. The van der Waals surface area contributed by atoms with Crippen molar-refractivity contribution < 1.29 is 9.53 Å². The van der Waals surface area contributed by atoms with E-state index in [2.05, 4.69) is 21.7 Å². The number of hydrogen-bond acceptors (Lipinski definition) is 6. The molecule has 0 radical (unpaired) electrons. The molecule has 148 valence electrons. The van der Waals surface area contributed by atoms with Crippen molar-refractivity contribution in [2.45, 2.75) is 25.2 Å². The van der Waals surface area contributed by atoms with Crippen molar-refractivity contribution in [3.05, 3.63) is 53.4 Å². The molecule has 8 heteroatoms. The maximum Gasteiger partial charge on any atom is 0.233 e. The first kappa shape index (κ1) is 20.6. The van der Waals surface area contributed by atoms with Crippen LogP contribution in [0.1, 0.15) is 12.5 Å². The fraction of sp³-hybridized carbons (Fsp3) is 0.350. The summed E-state index contributed by atoms with van der Waals surface area (Å²) in [5, 5.41) is 11.4. The van der Waals surface area contributed by atoms with E-state index < -0.39 is 0 Å². The zero-order valence-electron chi connectivity index (χ0n) is 16.1. The Morgan fingerprint density at radius 2 is 2.04 bits per heavy atom. The van der Waals surface area contributed by atoms with Crippen LogP contribution in [-0.2, 0) is 22.6 Å². The van der Waals surface area contributed by atoms with Crippen LogP contribution in [0.3, 0.4) is 0 Å². The van der Waals surface area contributed by atoms with Crippen LogP contribution in [0.25, 0.3) is 10.7 Å². The lowest BCUT2D eigenvalue weighted by molar-refractivity contribution is -0.129. The highest BCUT2D eigenvalue weighted by Gasteiger charge is 2.18. The van der Waals surface area contributed by atoms with Crippen LogP contribution in [-0.4, -0.2) is 51.6 Å². The molecule has 0 fully saturated rings. The molecule has 2 aromatic heterocycles. The monoisotopic (exact) mass is 416 g/mol. The van der Waals surface area contributed by atoms with Crippen LogP contribution in [0.5, 0.6) is 0 Å². The van der Waals surface area contributed by atoms with Crippen LogP contribution in [0.2, 0.25) is 0 Å². The van der Waals surface area contributed by atoms with Crippen molar-refractivity contribution in [2.24, 2.45) is 0 Å². The van der Waals surface area contributed by atoms with Gasteiger partial charge >= 0.3 is 0 Å². The summed E-state index contributed by atoms with van der Waals surface area (Å²) in [5.41, 5.74) is 1.11. The molecular weight excluding hydrogens is 392 g/mol. The molecule has 0 atom stereocenters. The summed E-state index contributed by atoms with van der Waals surface area (Å²) in [6, 6.07) is 14.0. The number of carbonyl (C=O) groups is 1. The first-order chi connectivity index (χ1) is 13.7. The van der Waals surface area contributed by atoms with E-state index >= 15 is 0 Å². The molecule has 0 aliphatic rings. The van der Waals surface area contributed by atoms with Gasteiger partial charge in [0.25, 0.3) is 0 Å². The van der Waals surface area contributed by atoms with E-state index in [1.807, 2.05) is 52.7 Å². The highest BCUT2D eigenvalue weighted by Crippen LogP contribution is 2.27. The highest BCUT2D eigenvalue weighted by molar-refractivity contribution is 7.99. The molecule has 0 saturated carbocycles. The molecule has 0 unspecified atom stereocenters. The Morgan fingerprint density at radius 3 is 2.71 bits per heavy atom. The summed E-state index contributed by atoms with van der Waals surface area (Å²) >= 11 is 3.07. The maximum absolute atomic E-state index is 12.9. The van der Waals surface area contributed by atoms with Crippen molar-refractivity contribution in [2.75, 3.05) is 26.0 Å². The minimum absolute atomic E-state index is 0.0641. The minimum Gasteiger partial charge on any atom is -0.383 e. The Morgan fingerprint density at radius 1 is 1.21 bits per heavy atom. The molecule has 1 amide bonds. The Hall–Kier alpha value is -2.16. The number of thiophene rings is 1. The lowest BCUT2D eigenvalue weighted by atomic mass is 10.2. The van der Waals surface area contributed by atoms with Crippen molar-refractivity contribution in [3.63, 3.8) is 0 Å². The molecule has 0 spiro atoms. The summed E-state index contributed by atoms with van der Waals surface area (Å²) in [6.45, 7) is 4.47. The van der Waals surface area contributed by atoms with Crippen molar-refractivity contribution >= 4 is 29.0 Å². The third kappa shape index (κ3) is 5.21. The van der Waals surface area contributed by atoms with E-state index in [0.717, 1.165) is 28.0 Å². The van der Waals surface area contributed by atoms with Gasteiger partial charge in [0.15, 0.2) is 11.0 Å². The summed E-state index contributed by atoms with van der Waals surface area (Å²) in [5.74, 6) is 1.24. The average Bonchev–Trinajstić information content (AvgIpc) is 3.39. The molecule has 1 aromatic carbocycles. The largest absolute Gasteiger partial charge is 0.383 e. The Kier molecular flexibility index (Phi) is 7.64. The second kappa shape index (κ2) is 10.4. The number of methoxy groups -OCH3 is 1. The fourth-order valence-electron chi connectivity index (χ4n) is 2.78. The van der Waals surface area contributed by atoms with Gasteiger partial charge in [0.05, 0.1) is 17.2 Å². The third-order valence-electron chi connectivity index (χ3n) is 4.23. The van der Waals surface area contributed by atoms with E-state index in [4.69, 9.17) is 4.74 Å². The van der Waals surface area contributed by atoms with Gasteiger partial charge in [-0.05, 0) is 23.9 Å². The zero-order valence-corrected chi connectivity index (χ0v) is 17.7. The summed E-state index contributed by atoms with van der Waals surface area (Å²) in [4.78, 5) is 15.8. The number of hydrogen-bond donors (Lipinski definition) is 0. The smallest absolute Gasteiger partial charge is 0.233 e. The van der Waals surface area contributed by atoms with Crippen LogP contribution >= 0.6 is 23.1 Å². The van der Waals surface area contributed by atoms with Gasteiger partial charge in [-0.2, -0.15) is 0 Å². The highest BCUT2D eigenvalue weighted by atomic mass is 32.2. The molecule has 0 N–H and O–H groups in total. The fourth-order valence-corrected chi connectivity index (χ4v) is 4.41. The minimum atomic E-state index is 0.0641. The summed E-state index contributed by atoms with van der Waals surface area (Å²) in [7, 11) is 1.65. The first-order valence-corrected chi connectivity index (χ1v) is 11.0. The molecule has 0 aliphatic heterocycles. The van der Waals surface area contributed by atoms with E-state index in [0.29, 0.717) is 25.4 Å². The Balaban J connectivity index is 1.67. The van der Waals surface area contributed by atoms with Crippen LogP contribution in [0.4, 0.5) is 0 Å². The molecule has 0 saturated heterocycles. The summed E-state index contributed by atoms with van der Waals surface area (Å²) < 4.78 is 7.23. The van der Waals surface area contributed by atoms with Gasteiger partial charge in [-0.1, -0.05) is 48.2 Å². The third-order valence-corrected chi connectivity index (χ3v) is 6.05. The number of aromatic nitrogens is 3. The lowest BCUT2D eigenvalue weighted by Gasteiger charge is -2.22. The normalized spacial score (nSPS) is 10.9. The van der Waals surface area contributed by atoms with Gasteiger partial charge in [-0.15, -0.1) is 21.5 Å². The molecule has 2 heterocycles. The standard InChI is InChI=1S/C20H24N4O2S2/c1-3-24-19(17-10-7-13-27-17)21-22-20(24)28-15-18(25)23(11-12-26-2)14-16-8-5-4-6-9-16/h4-10,13H,3,11-12,14-15H2,1-2H3.